The van der Waals surface area contributed by atoms with Gasteiger partial charge in [-0.25, -0.2) is 12.7 Å². The second-order valence-electron chi connectivity index (χ2n) is 5.48. The first-order valence-corrected chi connectivity index (χ1v) is 8.64. The summed E-state index contributed by atoms with van der Waals surface area (Å²) in [6.45, 7) is 4.00. The molecule has 1 fully saturated rings. The number of nitrogen functional groups attached to an aromatic ring is 1. The number of anilines is 2. The molecule has 1 aromatic rings. The Morgan fingerprint density at radius 1 is 1.29 bits per heavy atom. The van der Waals surface area contributed by atoms with Gasteiger partial charge in [0.1, 0.15) is 4.90 Å². The van der Waals surface area contributed by atoms with E-state index < -0.39 is 10.0 Å². The zero-order valence-corrected chi connectivity index (χ0v) is 13.5. The number of nitrogens with two attached hydrogens (primary N) is 1. The van der Waals surface area contributed by atoms with E-state index in [2.05, 4.69) is 10.2 Å². The molecule has 1 aliphatic rings. The van der Waals surface area contributed by atoms with E-state index in [4.69, 9.17) is 5.73 Å². The van der Waals surface area contributed by atoms with Crippen LogP contribution in [0.3, 0.4) is 0 Å². The first-order chi connectivity index (χ1) is 9.93. The second-order valence-corrected chi connectivity index (χ2v) is 7.60. The van der Waals surface area contributed by atoms with Gasteiger partial charge < -0.3 is 16.0 Å². The molecule has 3 N–H and O–H groups in total. The van der Waals surface area contributed by atoms with Gasteiger partial charge in [0.15, 0.2) is 0 Å². The monoisotopic (exact) mass is 312 g/mol. The van der Waals surface area contributed by atoms with Gasteiger partial charge in [-0.15, -0.1) is 0 Å². The van der Waals surface area contributed by atoms with Crippen LogP contribution in [-0.4, -0.2) is 57.9 Å². The largest absolute Gasteiger partial charge is 0.396 e. The molecule has 0 aliphatic carbocycles. The first-order valence-electron chi connectivity index (χ1n) is 7.20. The van der Waals surface area contributed by atoms with Gasteiger partial charge in [0.25, 0.3) is 0 Å². The molecule has 0 amide bonds. The molecule has 118 valence electrons. The standard InChI is InChI=1S/C14H24N4O2S/c1-17(2)21(19,20)13-7-5-6-12(14(13)15)16-8-11-18-9-3-4-10-18/h5-7,16H,3-4,8-11,15H2,1-2H3. The molecule has 1 aliphatic heterocycles. The van der Waals surface area contributed by atoms with Crippen molar-refractivity contribution >= 4 is 21.4 Å². The van der Waals surface area contributed by atoms with E-state index in [0.29, 0.717) is 5.69 Å². The minimum atomic E-state index is -3.51. The molecule has 0 radical (unpaired) electrons. The topological polar surface area (TPSA) is 78.7 Å². The van der Waals surface area contributed by atoms with E-state index >= 15 is 0 Å². The number of nitrogens with one attached hydrogen (secondary N) is 1. The average Bonchev–Trinajstić information content (AvgIpc) is 2.93. The van der Waals surface area contributed by atoms with Crippen molar-refractivity contribution in [3.63, 3.8) is 0 Å². The van der Waals surface area contributed by atoms with Gasteiger partial charge in [0, 0.05) is 27.2 Å². The molecule has 1 aromatic carbocycles. The van der Waals surface area contributed by atoms with Crippen LogP contribution >= 0.6 is 0 Å². The molecule has 0 saturated carbocycles. The lowest BCUT2D eigenvalue weighted by Gasteiger charge is -2.18. The smallest absolute Gasteiger partial charge is 0.244 e. The van der Waals surface area contributed by atoms with Crippen molar-refractivity contribution < 1.29 is 8.42 Å². The van der Waals surface area contributed by atoms with Gasteiger partial charge in [0.2, 0.25) is 10.0 Å². The summed E-state index contributed by atoms with van der Waals surface area (Å²) < 4.78 is 25.6. The molecule has 2 rings (SSSR count). The lowest BCUT2D eigenvalue weighted by molar-refractivity contribution is 0.353. The molecule has 0 aromatic heterocycles. The van der Waals surface area contributed by atoms with E-state index in [1.165, 1.54) is 37.3 Å². The van der Waals surface area contributed by atoms with Gasteiger partial charge in [-0.3, -0.25) is 0 Å². The van der Waals surface area contributed by atoms with Crippen molar-refractivity contribution in [3.8, 4) is 0 Å². The van der Waals surface area contributed by atoms with E-state index in [1.54, 1.807) is 6.07 Å². The molecule has 0 atom stereocenters. The van der Waals surface area contributed by atoms with Crippen molar-refractivity contribution in [3.05, 3.63) is 18.2 Å². The highest BCUT2D eigenvalue weighted by molar-refractivity contribution is 7.89. The summed E-state index contributed by atoms with van der Waals surface area (Å²) in [5, 5.41) is 3.24. The van der Waals surface area contributed by atoms with Crippen LogP contribution in [0.1, 0.15) is 12.8 Å². The zero-order valence-electron chi connectivity index (χ0n) is 12.7. The summed E-state index contributed by atoms with van der Waals surface area (Å²) >= 11 is 0. The number of rotatable bonds is 6. The second kappa shape index (κ2) is 6.64. The van der Waals surface area contributed by atoms with Crippen LogP contribution in [0.2, 0.25) is 0 Å². The molecule has 1 heterocycles. The zero-order chi connectivity index (χ0) is 15.5. The predicted molar refractivity (Wildman–Crippen MR) is 85.9 cm³/mol. The van der Waals surface area contributed by atoms with Crippen LogP contribution in [0.4, 0.5) is 11.4 Å². The number of hydrogen-bond donors (Lipinski definition) is 2. The van der Waals surface area contributed by atoms with Crippen LogP contribution in [0.15, 0.2) is 23.1 Å². The van der Waals surface area contributed by atoms with Crippen LogP contribution in [0.25, 0.3) is 0 Å². The van der Waals surface area contributed by atoms with E-state index in [0.717, 1.165) is 26.2 Å². The number of sulfonamides is 1. The lowest BCUT2D eigenvalue weighted by atomic mass is 10.2. The Bertz CT molecular complexity index is 581. The summed E-state index contributed by atoms with van der Waals surface area (Å²) in [6, 6.07) is 5.06. The van der Waals surface area contributed by atoms with E-state index in [9.17, 15) is 8.42 Å². The van der Waals surface area contributed by atoms with Crippen LogP contribution in [-0.2, 0) is 10.0 Å². The minimum absolute atomic E-state index is 0.152. The predicted octanol–water partition coefficient (Wildman–Crippen LogP) is 1.03. The molecule has 21 heavy (non-hydrogen) atoms. The SMILES string of the molecule is CN(C)S(=O)(=O)c1cccc(NCCN2CCCC2)c1N. The summed E-state index contributed by atoms with van der Waals surface area (Å²) in [5.41, 5.74) is 6.98. The van der Waals surface area contributed by atoms with Crippen molar-refractivity contribution in [2.45, 2.75) is 17.7 Å². The van der Waals surface area contributed by atoms with Gasteiger partial charge in [-0.1, -0.05) is 6.07 Å². The summed E-state index contributed by atoms with van der Waals surface area (Å²) in [6.07, 6.45) is 2.53. The quantitative estimate of drug-likeness (QED) is 0.767. The van der Waals surface area contributed by atoms with Gasteiger partial charge in [-0.2, -0.15) is 0 Å². The van der Waals surface area contributed by atoms with Gasteiger partial charge in [0.05, 0.1) is 11.4 Å². The van der Waals surface area contributed by atoms with E-state index in [-0.39, 0.29) is 10.6 Å². The number of likely N-dealkylation sites (tertiary alicyclic amines) is 1. The average molecular weight is 312 g/mol. The normalized spacial score (nSPS) is 16.5. The maximum atomic E-state index is 12.2. The molecule has 6 nitrogen and oxygen atoms in total. The maximum Gasteiger partial charge on any atom is 0.244 e. The molecule has 7 heteroatoms. The Balaban J connectivity index is 2.07. The molecular formula is C14H24N4O2S. The van der Waals surface area contributed by atoms with Crippen LogP contribution < -0.4 is 11.1 Å². The minimum Gasteiger partial charge on any atom is -0.396 e. The Hall–Kier alpha value is -1.31. The first kappa shape index (κ1) is 16.1. The van der Waals surface area contributed by atoms with E-state index in [1.807, 2.05) is 6.07 Å². The van der Waals surface area contributed by atoms with Crippen molar-refractivity contribution in [2.24, 2.45) is 0 Å². The molecule has 0 bridgehead atoms. The summed E-state index contributed by atoms with van der Waals surface area (Å²) in [7, 11) is -0.508. The third kappa shape index (κ3) is 3.66. The highest BCUT2D eigenvalue weighted by atomic mass is 32.2. The fourth-order valence-corrected chi connectivity index (χ4v) is 3.51. The number of benzene rings is 1. The fourth-order valence-electron chi connectivity index (χ4n) is 2.47. The van der Waals surface area contributed by atoms with Crippen molar-refractivity contribution in [2.75, 3.05) is 51.3 Å². The Kier molecular flexibility index (Phi) is 5.08. The number of nitrogens with zero attached hydrogens (tertiary/aromatic N) is 2. The number of hydrogen-bond acceptors (Lipinski definition) is 5. The van der Waals surface area contributed by atoms with Crippen LogP contribution in [0.5, 0.6) is 0 Å². The van der Waals surface area contributed by atoms with Gasteiger partial charge in [-0.05, 0) is 38.1 Å². The van der Waals surface area contributed by atoms with Gasteiger partial charge >= 0.3 is 0 Å². The molecule has 0 unspecified atom stereocenters. The molecular weight excluding hydrogens is 288 g/mol. The maximum absolute atomic E-state index is 12.2. The Morgan fingerprint density at radius 2 is 1.95 bits per heavy atom. The van der Waals surface area contributed by atoms with Crippen molar-refractivity contribution in [1.29, 1.82) is 0 Å². The third-order valence-electron chi connectivity index (χ3n) is 3.77. The lowest BCUT2D eigenvalue weighted by Crippen LogP contribution is -2.26. The summed E-state index contributed by atoms with van der Waals surface area (Å²) in [4.78, 5) is 2.54. The Labute approximate surface area is 127 Å². The number of para-hydroxylation sites is 1. The molecule has 1 saturated heterocycles. The van der Waals surface area contributed by atoms with Crippen LogP contribution in [0, 0.1) is 0 Å². The highest BCUT2D eigenvalue weighted by Crippen LogP contribution is 2.28. The Morgan fingerprint density at radius 3 is 2.57 bits per heavy atom. The van der Waals surface area contributed by atoms with Crippen molar-refractivity contribution in [1.82, 2.24) is 9.21 Å². The molecule has 0 spiro atoms. The highest BCUT2D eigenvalue weighted by Gasteiger charge is 2.21. The third-order valence-corrected chi connectivity index (χ3v) is 5.64. The fraction of sp³-hybridized carbons (Fsp3) is 0.571. The summed E-state index contributed by atoms with van der Waals surface area (Å²) in [5.74, 6) is 0.